The molecular weight excluding hydrogens is 227 g/mol. The lowest BCUT2D eigenvalue weighted by Gasteiger charge is -2.20. The van der Waals surface area contributed by atoms with Crippen LogP contribution < -0.4 is 5.32 Å². The quantitative estimate of drug-likeness (QED) is 0.853. The maximum Gasteiger partial charge on any atom is 0.401 e. The van der Waals surface area contributed by atoms with E-state index >= 15 is 0 Å². The Morgan fingerprint density at radius 3 is 2.00 bits per heavy atom. The third-order valence-corrected chi connectivity index (χ3v) is 2.78. The van der Waals surface area contributed by atoms with E-state index in [4.69, 9.17) is 0 Å². The van der Waals surface area contributed by atoms with Crippen LogP contribution in [0.5, 0.6) is 0 Å². The van der Waals surface area contributed by atoms with Crippen molar-refractivity contribution >= 4 is 0 Å². The molecule has 0 radical (unpaired) electrons. The Labute approximate surface area is 100 Å². The van der Waals surface area contributed by atoms with Crippen LogP contribution in [0.2, 0.25) is 0 Å². The summed E-state index contributed by atoms with van der Waals surface area (Å²) in [5.74, 6) is 0. The van der Waals surface area contributed by atoms with E-state index in [-0.39, 0.29) is 6.04 Å². The summed E-state index contributed by atoms with van der Waals surface area (Å²) in [5, 5.41) is 2.51. The number of aryl methyl sites for hydroxylation is 3. The summed E-state index contributed by atoms with van der Waals surface area (Å²) < 4.78 is 36.4. The van der Waals surface area contributed by atoms with Gasteiger partial charge >= 0.3 is 6.18 Å². The maximum atomic E-state index is 12.1. The van der Waals surface area contributed by atoms with Crippen molar-refractivity contribution in [1.82, 2.24) is 5.32 Å². The van der Waals surface area contributed by atoms with Gasteiger partial charge in [-0.1, -0.05) is 17.7 Å². The molecule has 0 fully saturated rings. The normalized spacial score (nSPS) is 13.8. The van der Waals surface area contributed by atoms with Gasteiger partial charge < -0.3 is 5.32 Å². The molecule has 0 saturated heterocycles. The lowest BCUT2D eigenvalue weighted by atomic mass is 9.95. The Hall–Kier alpha value is -1.03. The lowest BCUT2D eigenvalue weighted by molar-refractivity contribution is -0.126. The van der Waals surface area contributed by atoms with Crippen molar-refractivity contribution in [3.8, 4) is 0 Å². The predicted molar refractivity (Wildman–Crippen MR) is 63.1 cm³/mol. The molecule has 0 aliphatic rings. The molecule has 1 rings (SSSR count). The molecule has 0 aliphatic heterocycles. The van der Waals surface area contributed by atoms with Gasteiger partial charge in [-0.25, -0.2) is 0 Å². The Kier molecular flexibility index (Phi) is 4.20. The van der Waals surface area contributed by atoms with Crippen molar-refractivity contribution in [3.63, 3.8) is 0 Å². The van der Waals surface area contributed by atoms with Crippen LogP contribution >= 0.6 is 0 Å². The van der Waals surface area contributed by atoms with E-state index in [0.29, 0.717) is 0 Å². The number of alkyl halides is 3. The smallest absolute Gasteiger partial charge is 0.302 e. The molecule has 4 heteroatoms. The Morgan fingerprint density at radius 1 is 1.12 bits per heavy atom. The van der Waals surface area contributed by atoms with Gasteiger partial charge in [-0.15, -0.1) is 0 Å². The van der Waals surface area contributed by atoms with Crippen molar-refractivity contribution in [1.29, 1.82) is 0 Å². The lowest BCUT2D eigenvalue weighted by Crippen LogP contribution is -2.31. The zero-order chi connectivity index (χ0) is 13.2. The molecule has 1 aromatic carbocycles. The number of hydrogen-bond acceptors (Lipinski definition) is 1. The van der Waals surface area contributed by atoms with E-state index in [1.807, 2.05) is 32.9 Å². The Balaban J connectivity index is 2.86. The van der Waals surface area contributed by atoms with E-state index in [9.17, 15) is 13.2 Å². The maximum absolute atomic E-state index is 12.1. The van der Waals surface area contributed by atoms with Crippen LogP contribution in [0.25, 0.3) is 0 Å². The van der Waals surface area contributed by atoms with Crippen molar-refractivity contribution in [2.45, 2.75) is 39.9 Å². The molecule has 0 aromatic heterocycles. The monoisotopic (exact) mass is 245 g/mol. The van der Waals surface area contributed by atoms with E-state index in [2.05, 4.69) is 5.32 Å². The molecule has 1 aromatic rings. The Morgan fingerprint density at radius 2 is 1.59 bits per heavy atom. The molecule has 0 heterocycles. The summed E-state index contributed by atoms with van der Waals surface area (Å²) in [6, 6.07) is 3.69. The van der Waals surface area contributed by atoms with Crippen LogP contribution in [0, 0.1) is 20.8 Å². The third kappa shape index (κ3) is 4.04. The number of rotatable bonds is 3. The van der Waals surface area contributed by atoms with Crippen LogP contribution in [-0.2, 0) is 0 Å². The molecular formula is C13H18F3N. The first-order chi connectivity index (χ1) is 7.70. The standard InChI is InChI=1S/C13H18F3N/c1-8-5-9(2)12(10(3)6-8)11(4)17-7-13(14,15)16/h5-6,11,17H,7H2,1-4H3. The predicted octanol–water partition coefficient (Wildman–Crippen LogP) is 3.82. The van der Waals surface area contributed by atoms with Crippen molar-refractivity contribution in [2.24, 2.45) is 0 Å². The number of benzene rings is 1. The first-order valence-corrected chi connectivity index (χ1v) is 5.58. The van der Waals surface area contributed by atoms with Gasteiger partial charge in [0.05, 0.1) is 6.54 Å². The van der Waals surface area contributed by atoms with Crippen molar-refractivity contribution in [2.75, 3.05) is 6.54 Å². The van der Waals surface area contributed by atoms with E-state index in [1.165, 1.54) is 0 Å². The average molecular weight is 245 g/mol. The highest BCUT2D eigenvalue weighted by Gasteiger charge is 2.27. The summed E-state index contributed by atoms with van der Waals surface area (Å²) in [5.41, 5.74) is 4.15. The second kappa shape index (κ2) is 5.08. The molecule has 0 amide bonds. The minimum atomic E-state index is -4.17. The van der Waals surface area contributed by atoms with Crippen molar-refractivity contribution < 1.29 is 13.2 Å². The third-order valence-electron chi connectivity index (χ3n) is 2.78. The second-order valence-corrected chi connectivity index (χ2v) is 4.53. The van der Waals surface area contributed by atoms with Gasteiger partial charge in [0.2, 0.25) is 0 Å². The van der Waals surface area contributed by atoms with Gasteiger partial charge in [0, 0.05) is 6.04 Å². The highest BCUT2D eigenvalue weighted by atomic mass is 19.4. The van der Waals surface area contributed by atoms with Gasteiger partial charge in [0.1, 0.15) is 0 Å². The first-order valence-electron chi connectivity index (χ1n) is 5.58. The minimum Gasteiger partial charge on any atom is -0.302 e. The highest BCUT2D eigenvalue weighted by Crippen LogP contribution is 2.24. The Bertz CT molecular complexity index is 373. The van der Waals surface area contributed by atoms with E-state index in [0.717, 1.165) is 22.3 Å². The number of hydrogen-bond donors (Lipinski definition) is 1. The molecule has 1 unspecified atom stereocenters. The zero-order valence-corrected chi connectivity index (χ0v) is 10.6. The van der Waals surface area contributed by atoms with E-state index in [1.54, 1.807) is 6.92 Å². The highest BCUT2D eigenvalue weighted by molar-refractivity contribution is 5.39. The molecule has 17 heavy (non-hydrogen) atoms. The van der Waals surface area contributed by atoms with Gasteiger partial charge in [-0.3, -0.25) is 0 Å². The molecule has 96 valence electrons. The van der Waals surface area contributed by atoms with E-state index < -0.39 is 12.7 Å². The molecule has 1 nitrogen and oxygen atoms in total. The summed E-state index contributed by atoms with van der Waals surface area (Å²) in [7, 11) is 0. The van der Waals surface area contributed by atoms with Gasteiger partial charge in [-0.2, -0.15) is 13.2 Å². The summed E-state index contributed by atoms with van der Waals surface area (Å²) in [6.45, 7) is 6.65. The number of halogens is 3. The summed E-state index contributed by atoms with van der Waals surface area (Å²) in [6.07, 6.45) is -4.17. The fourth-order valence-electron chi connectivity index (χ4n) is 2.25. The minimum absolute atomic E-state index is 0.294. The topological polar surface area (TPSA) is 12.0 Å². The van der Waals surface area contributed by atoms with Crippen LogP contribution in [0.4, 0.5) is 13.2 Å². The summed E-state index contributed by atoms with van der Waals surface area (Å²) in [4.78, 5) is 0. The second-order valence-electron chi connectivity index (χ2n) is 4.53. The molecule has 0 aliphatic carbocycles. The van der Waals surface area contributed by atoms with Crippen LogP contribution in [-0.4, -0.2) is 12.7 Å². The van der Waals surface area contributed by atoms with Crippen molar-refractivity contribution in [3.05, 3.63) is 34.4 Å². The molecule has 0 bridgehead atoms. The van der Waals surface area contributed by atoms with Crippen LogP contribution in [0.3, 0.4) is 0 Å². The van der Waals surface area contributed by atoms with Gasteiger partial charge in [-0.05, 0) is 44.4 Å². The molecule has 0 spiro atoms. The molecule has 1 atom stereocenters. The fraction of sp³-hybridized carbons (Fsp3) is 0.538. The zero-order valence-electron chi connectivity index (χ0n) is 10.6. The number of nitrogens with one attached hydrogen (secondary N) is 1. The summed E-state index contributed by atoms with van der Waals surface area (Å²) >= 11 is 0. The van der Waals surface area contributed by atoms with Crippen LogP contribution in [0.15, 0.2) is 12.1 Å². The van der Waals surface area contributed by atoms with Gasteiger partial charge in [0.25, 0.3) is 0 Å². The fourth-order valence-corrected chi connectivity index (χ4v) is 2.25. The molecule has 0 saturated carbocycles. The first kappa shape index (κ1) is 14.0. The van der Waals surface area contributed by atoms with Gasteiger partial charge in [0.15, 0.2) is 0 Å². The SMILES string of the molecule is Cc1cc(C)c(C(C)NCC(F)(F)F)c(C)c1. The average Bonchev–Trinajstić information content (AvgIpc) is 2.11. The van der Waals surface area contributed by atoms with Crippen LogP contribution in [0.1, 0.15) is 35.2 Å². The molecule has 1 N–H and O–H groups in total. The largest absolute Gasteiger partial charge is 0.401 e.